The number of hydrogen-bond donors (Lipinski definition) is 1. The maximum absolute atomic E-state index is 11.4. The van der Waals surface area contributed by atoms with Gasteiger partial charge < -0.3 is 9.32 Å². The van der Waals surface area contributed by atoms with E-state index in [1.807, 2.05) is 12.1 Å². The monoisotopic (exact) mass is 378 g/mol. The smallest absolute Gasteiger partial charge is 0.408 e. The number of hydrogen-bond acceptors (Lipinski definition) is 3. The Morgan fingerprint density at radius 2 is 1.86 bits per heavy atom. The molecule has 28 heavy (non-hydrogen) atoms. The molecule has 1 heterocycles. The molecule has 2 aromatic carbocycles. The summed E-state index contributed by atoms with van der Waals surface area (Å²) in [6.45, 7) is 2.36. The van der Waals surface area contributed by atoms with Crippen LogP contribution in [0.3, 0.4) is 0 Å². The Kier molecular flexibility index (Phi) is 5.67. The van der Waals surface area contributed by atoms with E-state index in [0.29, 0.717) is 23.6 Å². The number of benzene rings is 2. The summed E-state index contributed by atoms with van der Waals surface area (Å²) in [6, 6.07) is 18.2. The molecule has 1 atom stereocenters. The van der Waals surface area contributed by atoms with Crippen molar-refractivity contribution in [3.8, 4) is 0 Å². The molecule has 0 spiro atoms. The lowest BCUT2D eigenvalue weighted by Gasteiger charge is -2.38. The van der Waals surface area contributed by atoms with E-state index in [0.717, 1.165) is 11.9 Å². The quantitative estimate of drug-likeness (QED) is 0.649. The van der Waals surface area contributed by atoms with E-state index in [9.17, 15) is 4.79 Å². The lowest BCUT2D eigenvalue weighted by atomic mass is 9.81. The molecule has 1 aliphatic carbocycles. The zero-order chi connectivity index (χ0) is 19.5. The topological polar surface area (TPSA) is 49.2 Å². The normalized spacial score (nSPS) is 21.2. The van der Waals surface area contributed by atoms with Gasteiger partial charge in [-0.1, -0.05) is 36.4 Å². The summed E-state index contributed by atoms with van der Waals surface area (Å²) in [7, 11) is 2.29. The second kappa shape index (κ2) is 8.36. The van der Waals surface area contributed by atoms with Crippen LogP contribution in [-0.4, -0.2) is 29.0 Å². The third-order valence-corrected chi connectivity index (χ3v) is 6.58. The third kappa shape index (κ3) is 4.22. The molecule has 1 aromatic heterocycles. The van der Waals surface area contributed by atoms with Gasteiger partial charge in [0.15, 0.2) is 5.58 Å². The largest absolute Gasteiger partial charge is 0.417 e. The minimum Gasteiger partial charge on any atom is -0.408 e. The summed E-state index contributed by atoms with van der Waals surface area (Å²) >= 11 is 0. The molecule has 148 valence electrons. The third-order valence-electron chi connectivity index (χ3n) is 6.58. The van der Waals surface area contributed by atoms with Gasteiger partial charge >= 0.3 is 5.76 Å². The summed E-state index contributed by atoms with van der Waals surface area (Å²) in [4.78, 5) is 16.7. The van der Waals surface area contributed by atoms with Crippen LogP contribution in [0.4, 0.5) is 0 Å². The fraction of sp³-hybridized carbons (Fsp3) is 0.458. The predicted octanol–water partition coefficient (Wildman–Crippen LogP) is 5.10. The highest BCUT2D eigenvalue weighted by molar-refractivity contribution is 5.72. The van der Waals surface area contributed by atoms with Gasteiger partial charge in [0.25, 0.3) is 0 Å². The first-order valence-electron chi connectivity index (χ1n) is 10.5. The predicted molar refractivity (Wildman–Crippen MR) is 114 cm³/mol. The number of aromatic amines is 1. The van der Waals surface area contributed by atoms with Crippen molar-refractivity contribution in [1.29, 1.82) is 0 Å². The average molecular weight is 379 g/mol. The molecule has 1 saturated carbocycles. The molecular weight excluding hydrogens is 348 g/mol. The van der Waals surface area contributed by atoms with Crippen molar-refractivity contribution in [2.45, 2.75) is 63.5 Å². The van der Waals surface area contributed by atoms with Crippen LogP contribution in [0, 0.1) is 0 Å². The summed E-state index contributed by atoms with van der Waals surface area (Å²) < 4.78 is 5.23. The van der Waals surface area contributed by atoms with Gasteiger partial charge in [-0.3, -0.25) is 4.98 Å². The molecule has 1 fully saturated rings. The number of nitrogens with zero attached hydrogens (tertiary/aromatic N) is 1. The second-order valence-corrected chi connectivity index (χ2v) is 8.31. The maximum atomic E-state index is 11.4. The molecule has 3 aromatic rings. The van der Waals surface area contributed by atoms with Crippen molar-refractivity contribution in [1.82, 2.24) is 9.88 Å². The number of H-pyrrole nitrogens is 1. The summed E-state index contributed by atoms with van der Waals surface area (Å²) in [6.07, 6.45) is 7.19. The molecule has 0 bridgehead atoms. The molecule has 1 N–H and O–H groups in total. The van der Waals surface area contributed by atoms with E-state index in [1.54, 1.807) is 0 Å². The molecule has 0 amide bonds. The highest BCUT2D eigenvalue weighted by Crippen LogP contribution is 2.36. The van der Waals surface area contributed by atoms with Gasteiger partial charge in [-0.2, -0.15) is 0 Å². The first-order valence-corrected chi connectivity index (χ1v) is 10.5. The number of fused-ring (bicyclic) bond motifs is 1. The summed E-state index contributed by atoms with van der Waals surface area (Å²) in [5.74, 6) is 0.191. The summed E-state index contributed by atoms with van der Waals surface area (Å²) in [5.41, 5.74) is 4.19. The van der Waals surface area contributed by atoms with Crippen molar-refractivity contribution in [3.63, 3.8) is 0 Å². The number of nitrogens with one attached hydrogen (secondary N) is 1. The standard InChI is InChI=1S/C24H30N2O2/c1-17(8-9-18-6-4-3-5-7-18)26(2)21-13-10-19(11-14-21)20-12-15-22-23(16-20)28-24(27)25-22/h3-7,12,15-17,19,21H,8-11,13-14H2,1-2H3,(H,25,27)/t17-,19?,21?/m1/s1. The molecule has 1 aliphatic rings. The fourth-order valence-corrected chi connectivity index (χ4v) is 4.62. The van der Waals surface area contributed by atoms with Gasteiger partial charge in [0.05, 0.1) is 5.52 Å². The summed E-state index contributed by atoms with van der Waals surface area (Å²) in [5, 5.41) is 0. The van der Waals surface area contributed by atoms with Gasteiger partial charge in [0.2, 0.25) is 0 Å². The Labute approximate surface area is 166 Å². The Morgan fingerprint density at radius 3 is 2.61 bits per heavy atom. The zero-order valence-corrected chi connectivity index (χ0v) is 16.9. The number of rotatable bonds is 6. The van der Waals surface area contributed by atoms with Crippen LogP contribution in [0.1, 0.15) is 56.1 Å². The van der Waals surface area contributed by atoms with Crippen LogP contribution in [-0.2, 0) is 6.42 Å². The van der Waals surface area contributed by atoms with Gasteiger partial charge in [-0.25, -0.2) is 4.79 Å². The number of aromatic nitrogens is 1. The first-order chi connectivity index (χ1) is 13.6. The van der Waals surface area contributed by atoms with Crippen molar-refractivity contribution >= 4 is 11.1 Å². The number of oxazole rings is 1. The van der Waals surface area contributed by atoms with Gasteiger partial charge in [-0.15, -0.1) is 0 Å². The second-order valence-electron chi connectivity index (χ2n) is 8.31. The molecule has 0 aliphatic heterocycles. The minimum atomic E-state index is -0.373. The zero-order valence-electron chi connectivity index (χ0n) is 16.9. The molecule has 4 nitrogen and oxygen atoms in total. The maximum Gasteiger partial charge on any atom is 0.417 e. The van der Waals surface area contributed by atoms with E-state index in [1.165, 1.54) is 43.2 Å². The van der Waals surface area contributed by atoms with Gasteiger partial charge in [-0.05, 0) is 81.7 Å². The van der Waals surface area contributed by atoms with Gasteiger partial charge in [0.1, 0.15) is 0 Å². The molecule has 4 heteroatoms. The van der Waals surface area contributed by atoms with Crippen molar-refractivity contribution in [3.05, 3.63) is 70.2 Å². The molecular formula is C24H30N2O2. The van der Waals surface area contributed by atoms with Crippen LogP contribution in [0.2, 0.25) is 0 Å². The highest BCUT2D eigenvalue weighted by atomic mass is 16.4. The van der Waals surface area contributed by atoms with E-state index < -0.39 is 0 Å². The van der Waals surface area contributed by atoms with Crippen LogP contribution in [0.15, 0.2) is 57.7 Å². The lowest BCUT2D eigenvalue weighted by Crippen LogP contribution is -2.40. The molecule has 0 unspecified atom stereocenters. The Balaban J connectivity index is 1.31. The Morgan fingerprint density at radius 1 is 1.11 bits per heavy atom. The van der Waals surface area contributed by atoms with Crippen molar-refractivity contribution < 1.29 is 4.42 Å². The van der Waals surface area contributed by atoms with E-state index in [-0.39, 0.29) is 5.76 Å². The van der Waals surface area contributed by atoms with Crippen LogP contribution < -0.4 is 5.76 Å². The molecule has 0 radical (unpaired) electrons. The Hall–Kier alpha value is -2.33. The van der Waals surface area contributed by atoms with E-state index in [2.05, 4.69) is 60.3 Å². The number of aryl methyl sites for hydroxylation is 1. The fourth-order valence-electron chi connectivity index (χ4n) is 4.62. The highest BCUT2D eigenvalue weighted by Gasteiger charge is 2.27. The first kappa shape index (κ1) is 19.0. The molecule has 4 rings (SSSR count). The van der Waals surface area contributed by atoms with Crippen molar-refractivity contribution in [2.75, 3.05) is 7.05 Å². The van der Waals surface area contributed by atoms with Crippen LogP contribution in [0.25, 0.3) is 11.1 Å². The van der Waals surface area contributed by atoms with Gasteiger partial charge in [0, 0.05) is 12.1 Å². The average Bonchev–Trinajstić information content (AvgIpc) is 3.11. The Bertz CT molecular complexity index is 951. The van der Waals surface area contributed by atoms with E-state index in [4.69, 9.17) is 4.42 Å². The van der Waals surface area contributed by atoms with Crippen molar-refractivity contribution in [2.24, 2.45) is 0 Å². The minimum absolute atomic E-state index is 0.373. The van der Waals surface area contributed by atoms with E-state index >= 15 is 0 Å². The molecule has 0 saturated heterocycles. The lowest BCUT2D eigenvalue weighted by molar-refractivity contribution is 0.134. The SMILES string of the molecule is C[C@H](CCc1ccccc1)N(C)C1CCC(c2ccc3[nH]c(=O)oc3c2)CC1. The van der Waals surface area contributed by atoms with Crippen LogP contribution in [0.5, 0.6) is 0 Å². The van der Waals surface area contributed by atoms with Crippen LogP contribution >= 0.6 is 0 Å².